The molecular formula is C33H36N6O4. The number of aliphatic hydroxyl groups excluding tert-OH is 1. The number of Topliss-reactive ketones (excluding diaryl/α,β-unsaturated/α-hetero) is 1. The Morgan fingerprint density at radius 3 is 2.47 bits per heavy atom. The van der Waals surface area contributed by atoms with Crippen molar-refractivity contribution in [2.75, 3.05) is 6.61 Å². The predicted octanol–water partition coefficient (Wildman–Crippen LogP) is 3.41. The largest absolute Gasteiger partial charge is 0.394 e. The first-order valence-corrected chi connectivity index (χ1v) is 14.7. The lowest BCUT2D eigenvalue weighted by atomic mass is 10.0. The van der Waals surface area contributed by atoms with Crippen LogP contribution in [0.15, 0.2) is 54.9 Å². The second-order valence-electron chi connectivity index (χ2n) is 12.2. The molecule has 1 saturated carbocycles. The lowest BCUT2D eigenvalue weighted by Gasteiger charge is -2.28. The average Bonchev–Trinajstić information content (AvgIpc) is 3.33. The summed E-state index contributed by atoms with van der Waals surface area (Å²) in [5.74, 6) is -0.00635. The molecule has 0 spiro atoms. The molecule has 1 unspecified atom stereocenters. The highest BCUT2D eigenvalue weighted by molar-refractivity contribution is 6.07. The standard InChI is InChI=1S/C33H36N6O4/c1-19-10-23(24-15-34-21(3)35-16-24)12-26-30(20(2)41)37-38(31(19)26)17-29(42)39-27(13-33(4)14-28(33)39)32(43)36-25(18-40)11-22-8-6-5-7-9-22/h5-10,12,15-16,25,27-28,40H,11,13-14,17-18H2,1-4H3,(H,36,43)/t25-,27-,28?,33-/m0/s1. The minimum Gasteiger partial charge on any atom is -0.394 e. The van der Waals surface area contributed by atoms with E-state index in [0.29, 0.717) is 35.3 Å². The van der Waals surface area contributed by atoms with Gasteiger partial charge in [-0.1, -0.05) is 37.3 Å². The van der Waals surface area contributed by atoms with Gasteiger partial charge in [0.05, 0.1) is 18.2 Å². The average molecular weight is 581 g/mol. The fourth-order valence-electron chi connectivity index (χ4n) is 6.54. The number of rotatable bonds is 9. The van der Waals surface area contributed by atoms with E-state index in [1.165, 1.54) is 6.92 Å². The van der Waals surface area contributed by atoms with Crippen LogP contribution in [0.2, 0.25) is 0 Å². The molecule has 2 aromatic carbocycles. The molecule has 222 valence electrons. The quantitative estimate of drug-likeness (QED) is 0.290. The monoisotopic (exact) mass is 580 g/mol. The topological polar surface area (TPSA) is 130 Å². The third kappa shape index (κ3) is 5.43. The lowest BCUT2D eigenvalue weighted by Crippen LogP contribution is -2.52. The molecule has 2 aliphatic rings. The molecule has 1 aliphatic carbocycles. The number of carbonyl (C=O) groups excluding carboxylic acids is 3. The molecule has 0 bridgehead atoms. The van der Waals surface area contributed by atoms with Crippen molar-refractivity contribution in [3.63, 3.8) is 0 Å². The molecule has 4 aromatic rings. The van der Waals surface area contributed by atoms with Gasteiger partial charge in [0.25, 0.3) is 0 Å². The van der Waals surface area contributed by atoms with Gasteiger partial charge in [-0.3, -0.25) is 19.1 Å². The number of fused-ring (bicyclic) bond motifs is 2. The summed E-state index contributed by atoms with van der Waals surface area (Å²) in [4.78, 5) is 50.4. The third-order valence-electron chi connectivity index (χ3n) is 8.88. The van der Waals surface area contributed by atoms with Gasteiger partial charge in [0.1, 0.15) is 24.1 Å². The van der Waals surface area contributed by atoms with Crippen molar-refractivity contribution in [2.24, 2.45) is 5.41 Å². The van der Waals surface area contributed by atoms with E-state index in [1.807, 2.05) is 56.3 Å². The highest BCUT2D eigenvalue weighted by Gasteiger charge is 2.64. The van der Waals surface area contributed by atoms with Crippen LogP contribution < -0.4 is 5.32 Å². The molecule has 2 amide bonds. The van der Waals surface area contributed by atoms with Gasteiger partial charge in [-0.25, -0.2) is 9.97 Å². The van der Waals surface area contributed by atoms with Gasteiger partial charge in [0, 0.05) is 36.3 Å². The number of aryl methyl sites for hydroxylation is 2. The molecule has 1 aliphatic heterocycles. The van der Waals surface area contributed by atoms with Crippen LogP contribution in [0.5, 0.6) is 0 Å². The molecule has 10 heteroatoms. The summed E-state index contributed by atoms with van der Waals surface area (Å²) in [5, 5.41) is 18.2. The highest BCUT2D eigenvalue weighted by Crippen LogP contribution is 2.59. The third-order valence-corrected chi connectivity index (χ3v) is 8.88. The van der Waals surface area contributed by atoms with Crippen molar-refractivity contribution in [3.05, 3.63) is 77.5 Å². The Morgan fingerprint density at radius 1 is 1.07 bits per heavy atom. The molecule has 4 atom stereocenters. The van der Waals surface area contributed by atoms with E-state index in [4.69, 9.17) is 0 Å². The second kappa shape index (κ2) is 11.0. The number of ketones is 1. The summed E-state index contributed by atoms with van der Waals surface area (Å²) in [7, 11) is 0. The molecule has 3 heterocycles. The second-order valence-corrected chi connectivity index (χ2v) is 12.2. The Kier molecular flexibility index (Phi) is 7.33. The first kappa shape index (κ1) is 28.7. The first-order chi connectivity index (χ1) is 20.6. The van der Waals surface area contributed by atoms with Crippen LogP contribution in [0.4, 0.5) is 0 Å². The summed E-state index contributed by atoms with van der Waals surface area (Å²) < 4.78 is 1.60. The maximum Gasteiger partial charge on any atom is 0.245 e. The van der Waals surface area contributed by atoms with Crippen molar-refractivity contribution < 1.29 is 19.5 Å². The van der Waals surface area contributed by atoms with Crippen LogP contribution >= 0.6 is 0 Å². The molecular weight excluding hydrogens is 544 g/mol. The zero-order chi connectivity index (χ0) is 30.5. The molecule has 6 rings (SSSR count). The Labute approximate surface area is 250 Å². The van der Waals surface area contributed by atoms with Gasteiger partial charge in [0.2, 0.25) is 11.8 Å². The zero-order valence-corrected chi connectivity index (χ0v) is 24.9. The van der Waals surface area contributed by atoms with E-state index in [1.54, 1.807) is 22.0 Å². The van der Waals surface area contributed by atoms with E-state index < -0.39 is 12.1 Å². The summed E-state index contributed by atoms with van der Waals surface area (Å²) in [6.07, 6.45) is 5.40. The van der Waals surface area contributed by atoms with Crippen molar-refractivity contribution in [1.29, 1.82) is 0 Å². The van der Waals surface area contributed by atoms with Crippen molar-refractivity contribution in [3.8, 4) is 11.1 Å². The normalized spacial score (nSPS) is 21.5. The SMILES string of the molecule is CC(=O)c1nn(CC(=O)N2C3C[C@]3(C)C[C@H]2C(=O)N[C@H](CO)Cc2ccccc2)c2c(C)cc(-c3cnc(C)nc3)cc12. The molecule has 2 N–H and O–H groups in total. The van der Waals surface area contributed by atoms with E-state index in [9.17, 15) is 19.5 Å². The number of aromatic nitrogens is 4. The van der Waals surface area contributed by atoms with E-state index in [-0.39, 0.29) is 42.2 Å². The molecule has 2 fully saturated rings. The van der Waals surface area contributed by atoms with Crippen LogP contribution in [-0.4, -0.2) is 72.1 Å². The summed E-state index contributed by atoms with van der Waals surface area (Å²) in [6.45, 7) is 7.03. The Bertz CT molecular complexity index is 1720. The number of nitrogens with one attached hydrogen (secondary N) is 1. The predicted molar refractivity (Wildman–Crippen MR) is 161 cm³/mol. The number of amides is 2. The number of likely N-dealkylation sites (tertiary alicyclic amines) is 1. The number of hydrogen-bond acceptors (Lipinski definition) is 7. The maximum absolute atomic E-state index is 13.9. The minimum absolute atomic E-state index is 0.0270. The van der Waals surface area contributed by atoms with Gasteiger partial charge in [-0.2, -0.15) is 5.10 Å². The Balaban J connectivity index is 1.26. The molecule has 0 radical (unpaired) electrons. The van der Waals surface area contributed by atoms with Crippen LogP contribution in [0.1, 0.15) is 54.1 Å². The Morgan fingerprint density at radius 2 is 1.79 bits per heavy atom. The number of hydrogen-bond donors (Lipinski definition) is 2. The van der Waals surface area contributed by atoms with Gasteiger partial charge in [-0.15, -0.1) is 0 Å². The van der Waals surface area contributed by atoms with Crippen LogP contribution in [0, 0.1) is 19.3 Å². The zero-order valence-electron chi connectivity index (χ0n) is 24.9. The molecule has 2 aromatic heterocycles. The number of nitrogens with zero attached hydrogens (tertiary/aromatic N) is 5. The lowest BCUT2D eigenvalue weighted by molar-refractivity contribution is -0.140. The van der Waals surface area contributed by atoms with Crippen molar-refractivity contribution in [2.45, 2.75) is 71.6 Å². The molecule has 43 heavy (non-hydrogen) atoms. The number of piperidine rings is 1. The van der Waals surface area contributed by atoms with Gasteiger partial charge in [0.15, 0.2) is 5.78 Å². The van der Waals surface area contributed by atoms with Crippen LogP contribution in [0.3, 0.4) is 0 Å². The number of aliphatic hydroxyl groups is 1. The van der Waals surface area contributed by atoms with Gasteiger partial charge >= 0.3 is 0 Å². The minimum atomic E-state index is -0.635. The summed E-state index contributed by atoms with van der Waals surface area (Å²) >= 11 is 0. The van der Waals surface area contributed by atoms with Gasteiger partial charge < -0.3 is 15.3 Å². The Hall–Kier alpha value is -4.44. The fraction of sp³-hybridized carbons (Fsp3) is 0.394. The number of benzene rings is 2. The maximum atomic E-state index is 13.9. The molecule has 1 saturated heterocycles. The number of carbonyl (C=O) groups is 3. The molecule has 10 nitrogen and oxygen atoms in total. The highest BCUT2D eigenvalue weighted by atomic mass is 16.3. The van der Waals surface area contributed by atoms with E-state index in [0.717, 1.165) is 28.7 Å². The first-order valence-electron chi connectivity index (χ1n) is 14.7. The van der Waals surface area contributed by atoms with Crippen molar-refractivity contribution >= 4 is 28.5 Å². The fourth-order valence-corrected chi connectivity index (χ4v) is 6.54. The van der Waals surface area contributed by atoms with E-state index >= 15 is 0 Å². The van der Waals surface area contributed by atoms with Crippen LogP contribution in [-0.2, 0) is 22.6 Å². The van der Waals surface area contributed by atoms with Crippen LogP contribution in [0.25, 0.3) is 22.0 Å². The van der Waals surface area contributed by atoms with Crippen molar-refractivity contribution in [1.82, 2.24) is 30.0 Å². The smallest absolute Gasteiger partial charge is 0.245 e. The summed E-state index contributed by atoms with van der Waals surface area (Å²) in [6, 6.07) is 12.4. The van der Waals surface area contributed by atoms with E-state index in [2.05, 4.69) is 27.3 Å². The van der Waals surface area contributed by atoms with Gasteiger partial charge in [-0.05, 0) is 67.3 Å². The summed E-state index contributed by atoms with van der Waals surface area (Å²) in [5.41, 5.74) is 4.44.